The van der Waals surface area contributed by atoms with Crippen LogP contribution in [-0.4, -0.2) is 25.7 Å². The number of aryl methyl sites for hydroxylation is 1. The number of nitrogens with one attached hydrogen (secondary N) is 2. The maximum absolute atomic E-state index is 13.2. The summed E-state index contributed by atoms with van der Waals surface area (Å²) in [6, 6.07) is 21.4. The van der Waals surface area contributed by atoms with Crippen molar-refractivity contribution in [1.29, 1.82) is 0 Å². The predicted molar refractivity (Wildman–Crippen MR) is 133 cm³/mol. The molecule has 0 aliphatic carbocycles. The summed E-state index contributed by atoms with van der Waals surface area (Å²) in [4.78, 5) is 26.0. The molecule has 2 N–H and O–H groups in total. The van der Waals surface area contributed by atoms with Crippen molar-refractivity contribution in [3.05, 3.63) is 101 Å². The Morgan fingerprint density at radius 1 is 1.00 bits per heavy atom. The molecule has 4 rings (SSSR count). The molecule has 1 atom stereocenters. The first kappa shape index (κ1) is 23.9. The van der Waals surface area contributed by atoms with Gasteiger partial charge < -0.3 is 24.8 Å². The van der Waals surface area contributed by atoms with Gasteiger partial charge in [0.05, 0.1) is 31.0 Å². The maximum atomic E-state index is 13.2. The molecule has 7 heteroatoms. The lowest BCUT2D eigenvalue weighted by molar-refractivity contribution is -0.138. The van der Waals surface area contributed by atoms with E-state index >= 15 is 0 Å². The van der Waals surface area contributed by atoms with Crippen LogP contribution >= 0.6 is 0 Å². The second-order valence-corrected chi connectivity index (χ2v) is 8.06. The minimum absolute atomic E-state index is 0.194. The number of carbonyl (C=O) groups is 2. The van der Waals surface area contributed by atoms with E-state index in [9.17, 15) is 9.59 Å². The number of amides is 2. The molecule has 1 aliphatic rings. The Kier molecular flexibility index (Phi) is 7.35. The van der Waals surface area contributed by atoms with Crippen LogP contribution in [0.2, 0.25) is 0 Å². The third kappa shape index (κ3) is 5.30. The van der Waals surface area contributed by atoms with Crippen molar-refractivity contribution in [2.75, 3.05) is 13.7 Å². The van der Waals surface area contributed by atoms with Gasteiger partial charge in [0.1, 0.15) is 6.61 Å². The van der Waals surface area contributed by atoms with E-state index < -0.39 is 18.0 Å². The molecule has 180 valence electrons. The summed E-state index contributed by atoms with van der Waals surface area (Å²) in [6.45, 7) is 4.24. The molecule has 3 aromatic rings. The quantitative estimate of drug-likeness (QED) is 0.455. The Hall–Kier alpha value is -4.26. The van der Waals surface area contributed by atoms with Gasteiger partial charge in [-0.3, -0.25) is 0 Å². The third-order valence-corrected chi connectivity index (χ3v) is 5.64. The molecule has 0 spiro atoms. The number of benzene rings is 3. The van der Waals surface area contributed by atoms with Crippen LogP contribution in [0, 0.1) is 6.92 Å². The predicted octanol–water partition coefficient (Wildman–Crippen LogP) is 4.91. The van der Waals surface area contributed by atoms with Crippen LogP contribution in [0.1, 0.15) is 35.2 Å². The third-order valence-electron chi connectivity index (χ3n) is 5.64. The molecule has 0 radical (unpaired) electrons. The average Bonchev–Trinajstić information content (AvgIpc) is 2.87. The van der Waals surface area contributed by atoms with Gasteiger partial charge in [0.25, 0.3) is 0 Å². The molecule has 1 heterocycles. The van der Waals surface area contributed by atoms with E-state index in [4.69, 9.17) is 14.2 Å². The number of rotatable bonds is 8. The first-order chi connectivity index (χ1) is 17.0. The summed E-state index contributed by atoms with van der Waals surface area (Å²) >= 11 is 0. The summed E-state index contributed by atoms with van der Waals surface area (Å²) in [6.07, 6.45) is 0. The van der Waals surface area contributed by atoms with E-state index in [1.165, 1.54) is 0 Å². The first-order valence-corrected chi connectivity index (χ1v) is 11.4. The molecule has 0 aromatic heterocycles. The van der Waals surface area contributed by atoms with Gasteiger partial charge in [-0.25, -0.2) is 9.59 Å². The highest BCUT2D eigenvalue weighted by Gasteiger charge is 2.36. The fourth-order valence-corrected chi connectivity index (χ4v) is 4.09. The van der Waals surface area contributed by atoms with E-state index in [0.717, 1.165) is 11.1 Å². The van der Waals surface area contributed by atoms with Crippen molar-refractivity contribution in [2.24, 2.45) is 0 Å². The van der Waals surface area contributed by atoms with Crippen LogP contribution in [0.15, 0.2) is 78.4 Å². The topological polar surface area (TPSA) is 85.9 Å². The molecule has 0 saturated carbocycles. The summed E-state index contributed by atoms with van der Waals surface area (Å²) < 4.78 is 17.2. The molecular formula is C28H28N2O5. The van der Waals surface area contributed by atoms with E-state index in [1.54, 1.807) is 26.2 Å². The van der Waals surface area contributed by atoms with E-state index in [-0.39, 0.29) is 18.8 Å². The maximum Gasteiger partial charge on any atom is 0.338 e. The van der Waals surface area contributed by atoms with Gasteiger partial charge in [-0.2, -0.15) is 0 Å². The summed E-state index contributed by atoms with van der Waals surface area (Å²) in [5.41, 5.74) is 4.07. The molecule has 1 aliphatic heterocycles. The van der Waals surface area contributed by atoms with Crippen molar-refractivity contribution in [1.82, 2.24) is 10.6 Å². The first-order valence-electron chi connectivity index (χ1n) is 11.4. The fraction of sp³-hybridized carbons (Fsp3) is 0.214. The van der Waals surface area contributed by atoms with Gasteiger partial charge in [0.2, 0.25) is 0 Å². The molecule has 0 bridgehead atoms. The molecule has 35 heavy (non-hydrogen) atoms. The van der Waals surface area contributed by atoms with Crippen molar-refractivity contribution in [3.8, 4) is 11.5 Å². The molecule has 0 fully saturated rings. The van der Waals surface area contributed by atoms with Gasteiger partial charge >= 0.3 is 12.0 Å². The molecule has 3 aromatic carbocycles. The highest BCUT2D eigenvalue weighted by atomic mass is 16.5. The number of para-hydroxylation sites is 1. The number of urea groups is 1. The minimum Gasteiger partial charge on any atom is -0.493 e. The summed E-state index contributed by atoms with van der Waals surface area (Å²) in [7, 11) is 1.55. The largest absolute Gasteiger partial charge is 0.493 e. The second kappa shape index (κ2) is 10.8. The summed E-state index contributed by atoms with van der Waals surface area (Å²) in [5.74, 6) is 0.404. The van der Waals surface area contributed by atoms with Crippen LogP contribution in [-0.2, 0) is 16.1 Å². The number of hydrogen-bond donors (Lipinski definition) is 2. The van der Waals surface area contributed by atoms with Crippen molar-refractivity contribution in [3.63, 3.8) is 0 Å². The van der Waals surface area contributed by atoms with Gasteiger partial charge in [-0.15, -0.1) is 0 Å². The van der Waals surface area contributed by atoms with Crippen LogP contribution < -0.4 is 20.1 Å². The number of methoxy groups -OCH3 is 1. The standard InChI is InChI=1S/C28H28N2O5/c1-4-34-27(31)23-24(20-12-6-5-7-13-20)29-28(32)30-25(23)21-14-9-15-22(33-3)26(21)35-17-19-11-8-10-18(2)16-19/h5-16,25H,4,17H2,1-3H3,(H2,29,30,32). The zero-order valence-corrected chi connectivity index (χ0v) is 20.0. The zero-order valence-electron chi connectivity index (χ0n) is 20.0. The fourth-order valence-electron chi connectivity index (χ4n) is 4.09. The summed E-state index contributed by atoms with van der Waals surface area (Å²) in [5, 5.41) is 5.67. The van der Waals surface area contributed by atoms with Gasteiger partial charge in [-0.1, -0.05) is 72.3 Å². The Bertz CT molecular complexity index is 1250. The van der Waals surface area contributed by atoms with Crippen molar-refractivity contribution >= 4 is 17.7 Å². The van der Waals surface area contributed by atoms with Crippen LogP contribution in [0.25, 0.3) is 5.70 Å². The lowest BCUT2D eigenvalue weighted by Gasteiger charge is -2.31. The number of carbonyl (C=O) groups excluding carboxylic acids is 2. The lowest BCUT2D eigenvalue weighted by Crippen LogP contribution is -2.45. The Morgan fingerprint density at radius 2 is 1.77 bits per heavy atom. The van der Waals surface area contributed by atoms with Crippen LogP contribution in [0.3, 0.4) is 0 Å². The Morgan fingerprint density at radius 3 is 2.49 bits per heavy atom. The van der Waals surface area contributed by atoms with Crippen molar-refractivity contribution in [2.45, 2.75) is 26.5 Å². The molecule has 1 unspecified atom stereocenters. The van der Waals surface area contributed by atoms with Gasteiger partial charge in [0, 0.05) is 5.56 Å². The lowest BCUT2D eigenvalue weighted by atomic mass is 9.92. The Balaban J connectivity index is 1.83. The average molecular weight is 473 g/mol. The normalized spacial score (nSPS) is 15.2. The monoisotopic (exact) mass is 472 g/mol. The molecular weight excluding hydrogens is 444 g/mol. The molecule has 0 saturated heterocycles. The number of ether oxygens (including phenoxy) is 3. The van der Waals surface area contributed by atoms with Crippen LogP contribution in [0.5, 0.6) is 11.5 Å². The van der Waals surface area contributed by atoms with E-state index in [1.807, 2.05) is 67.6 Å². The van der Waals surface area contributed by atoms with E-state index in [0.29, 0.717) is 28.3 Å². The SMILES string of the molecule is CCOC(=O)C1=C(c2ccccc2)NC(=O)NC1c1cccc(OC)c1OCc1cccc(C)c1. The minimum atomic E-state index is -0.819. The molecule has 7 nitrogen and oxygen atoms in total. The number of esters is 1. The van der Waals surface area contributed by atoms with Gasteiger partial charge in [-0.05, 0) is 31.0 Å². The molecule has 2 amide bonds. The second-order valence-electron chi connectivity index (χ2n) is 8.06. The zero-order chi connectivity index (χ0) is 24.8. The Labute approximate surface area is 204 Å². The number of hydrogen-bond acceptors (Lipinski definition) is 5. The van der Waals surface area contributed by atoms with Gasteiger partial charge in [0.15, 0.2) is 11.5 Å². The van der Waals surface area contributed by atoms with Crippen LogP contribution in [0.4, 0.5) is 4.79 Å². The van der Waals surface area contributed by atoms with E-state index in [2.05, 4.69) is 10.6 Å². The van der Waals surface area contributed by atoms with Crippen molar-refractivity contribution < 1.29 is 23.8 Å². The highest BCUT2D eigenvalue weighted by Crippen LogP contribution is 2.41. The smallest absolute Gasteiger partial charge is 0.338 e. The highest BCUT2D eigenvalue weighted by molar-refractivity contribution is 6.04.